The van der Waals surface area contributed by atoms with Crippen LogP contribution in [-0.4, -0.2) is 36.6 Å². The minimum Gasteiger partial charge on any atom is -0.468 e. The molecular formula is C10H17NO2. The van der Waals surface area contributed by atoms with E-state index in [1.54, 1.807) is 0 Å². The number of nitrogens with zero attached hydrogens (tertiary/aromatic N) is 1. The molecule has 1 unspecified atom stereocenters. The van der Waals surface area contributed by atoms with Gasteiger partial charge in [0.25, 0.3) is 0 Å². The minimum atomic E-state index is -0.0504. The van der Waals surface area contributed by atoms with Crippen LogP contribution in [-0.2, 0) is 9.53 Å². The summed E-state index contributed by atoms with van der Waals surface area (Å²) in [7, 11) is 1.47. The Labute approximate surface area is 79.0 Å². The highest BCUT2D eigenvalue weighted by Gasteiger charge is 2.45. The first-order valence-corrected chi connectivity index (χ1v) is 5.16. The van der Waals surface area contributed by atoms with Gasteiger partial charge in [-0.2, -0.15) is 0 Å². The summed E-state index contributed by atoms with van der Waals surface area (Å²) < 4.78 is 4.71. The molecule has 0 radical (unpaired) electrons. The van der Waals surface area contributed by atoms with Gasteiger partial charge < -0.3 is 4.74 Å². The molecule has 0 spiro atoms. The van der Waals surface area contributed by atoms with Crippen LogP contribution in [0.15, 0.2) is 0 Å². The maximum Gasteiger partial charge on any atom is 0.324 e. The molecule has 13 heavy (non-hydrogen) atoms. The fourth-order valence-electron chi connectivity index (χ4n) is 2.31. The first-order valence-electron chi connectivity index (χ1n) is 5.16. The molecule has 0 aromatic heterocycles. The molecule has 2 atom stereocenters. The number of ether oxygens (including phenoxy) is 1. The van der Waals surface area contributed by atoms with Gasteiger partial charge in [-0.1, -0.05) is 19.3 Å². The Hall–Kier alpha value is -0.570. The van der Waals surface area contributed by atoms with Crippen molar-refractivity contribution in [1.82, 2.24) is 4.90 Å². The monoisotopic (exact) mass is 183 g/mol. The van der Waals surface area contributed by atoms with Gasteiger partial charge in [0.05, 0.1) is 7.11 Å². The molecule has 1 aliphatic carbocycles. The van der Waals surface area contributed by atoms with E-state index in [0.29, 0.717) is 6.04 Å². The predicted octanol–water partition coefficient (Wildman–Crippen LogP) is 1.18. The van der Waals surface area contributed by atoms with Gasteiger partial charge in [0.1, 0.15) is 6.04 Å². The lowest BCUT2D eigenvalue weighted by Crippen LogP contribution is -2.26. The van der Waals surface area contributed by atoms with Crippen LogP contribution < -0.4 is 0 Å². The smallest absolute Gasteiger partial charge is 0.324 e. The molecule has 0 aromatic rings. The summed E-state index contributed by atoms with van der Waals surface area (Å²) in [6, 6.07) is 0.756. The third-order valence-electron chi connectivity index (χ3n) is 3.17. The second-order valence-corrected chi connectivity index (χ2v) is 4.03. The van der Waals surface area contributed by atoms with Crippen molar-refractivity contribution in [2.24, 2.45) is 0 Å². The van der Waals surface area contributed by atoms with E-state index in [1.807, 2.05) is 0 Å². The van der Waals surface area contributed by atoms with E-state index >= 15 is 0 Å². The molecule has 3 nitrogen and oxygen atoms in total. The van der Waals surface area contributed by atoms with Crippen LogP contribution in [0.25, 0.3) is 0 Å². The van der Waals surface area contributed by atoms with Crippen LogP contribution in [0.1, 0.15) is 32.1 Å². The lowest BCUT2D eigenvalue weighted by Gasteiger charge is -2.22. The maximum atomic E-state index is 11.2. The molecule has 0 amide bonds. The highest BCUT2D eigenvalue weighted by Crippen LogP contribution is 2.31. The summed E-state index contributed by atoms with van der Waals surface area (Å²) >= 11 is 0. The number of esters is 1. The topological polar surface area (TPSA) is 29.3 Å². The maximum absolute atomic E-state index is 11.2. The van der Waals surface area contributed by atoms with E-state index in [4.69, 9.17) is 4.74 Å². The number of carbonyl (C=O) groups excluding carboxylic acids is 1. The van der Waals surface area contributed by atoms with Crippen LogP contribution in [0.5, 0.6) is 0 Å². The van der Waals surface area contributed by atoms with Crippen LogP contribution in [0, 0.1) is 0 Å². The standard InChI is InChI=1S/C10H17NO2/c1-13-10(12)9-7-11(9)8-5-3-2-4-6-8/h8-9H,2-7H2,1H3/t9-,11?/m1/s1. The minimum absolute atomic E-state index is 0.0504. The normalized spacial score (nSPS) is 34.2. The molecule has 1 aliphatic heterocycles. The molecule has 2 fully saturated rings. The quantitative estimate of drug-likeness (QED) is 0.475. The van der Waals surface area contributed by atoms with Gasteiger partial charge in [-0.15, -0.1) is 0 Å². The highest BCUT2D eigenvalue weighted by molar-refractivity contribution is 5.79. The molecule has 1 saturated heterocycles. The summed E-state index contributed by atoms with van der Waals surface area (Å²) in [5, 5.41) is 0. The fourth-order valence-corrected chi connectivity index (χ4v) is 2.31. The molecule has 0 bridgehead atoms. The summed E-state index contributed by atoms with van der Waals surface area (Å²) in [6.45, 7) is 0.928. The molecule has 3 heteroatoms. The van der Waals surface area contributed by atoms with E-state index in [0.717, 1.165) is 6.54 Å². The third kappa shape index (κ3) is 1.85. The fraction of sp³-hybridized carbons (Fsp3) is 0.900. The van der Waals surface area contributed by atoms with Gasteiger partial charge in [0.2, 0.25) is 0 Å². The summed E-state index contributed by atoms with van der Waals surface area (Å²) in [6.07, 6.45) is 6.57. The van der Waals surface area contributed by atoms with E-state index in [9.17, 15) is 4.79 Å². The summed E-state index contributed by atoms with van der Waals surface area (Å²) in [4.78, 5) is 13.4. The van der Waals surface area contributed by atoms with Gasteiger partial charge in [-0.05, 0) is 12.8 Å². The molecular weight excluding hydrogens is 166 g/mol. The Balaban J connectivity index is 1.81. The molecule has 1 saturated carbocycles. The zero-order chi connectivity index (χ0) is 9.26. The van der Waals surface area contributed by atoms with Crippen LogP contribution in [0.4, 0.5) is 0 Å². The van der Waals surface area contributed by atoms with Crippen molar-refractivity contribution < 1.29 is 9.53 Å². The van der Waals surface area contributed by atoms with Crippen LogP contribution >= 0.6 is 0 Å². The molecule has 2 aliphatic rings. The molecule has 74 valence electrons. The second-order valence-electron chi connectivity index (χ2n) is 4.03. The summed E-state index contributed by atoms with van der Waals surface area (Å²) in [5.41, 5.74) is 0. The van der Waals surface area contributed by atoms with E-state index in [2.05, 4.69) is 4.90 Å². The Morgan fingerprint density at radius 1 is 1.31 bits per heavy atom. The molecule has 0 N–H and O–H groups in total. The van der Waals surface area contributed by atoms with Gasteiger partial charge in [-0.25, -0.2) is 0 Å². The number of hydrogen-bond donors (Lipinski definition) is 0. The van der Waals surface area contributed by atoms with Crippen molar-refractivity contribution in [3.8, 4) is 0 Å². The second kappa shape index (κ2) is 3.66. The largest absolute Gasteiger partial charge is 0.468 e. The third-order valence-corrected chi connectivity index (χ3v) is 3.17. The molecule has 0 aromatic carbocycles. The average molecular weight is 183 g/mol. The molecule has 2 rings (SSSR count). The number of rotatable bonds is 2. The van der Waals surface area contributed by atoms with Crippen molar-refractivity contribution in [1.29, 1.82) is 0 Å². The predicted molar refractivity (Wildman–Crippen MR) is 49.4 cm³/mol. The Bertz CT molecular complexity index is 199. The van der Waals surface area contributed by atoms with Gasteiger partial charge in [-0.3, -0.25) is 9.69 Å². The first kappa shape index (κ1) is 9.00. The van der Waals surface area contributed by atoms with Crippen molar-refractivity contribution >= 4 is 5.97 Å². The Morgan fingerprint density at radius 2 is 2.00 bits per heavy atom. The number of methoxy groups -OCH3 is 1. The SMILES string of the molecule is COC(=O)[C@H]1CN1C1CCCCC1. The van der Waals surface area contributed by atoms with Gasteiger partial charge in [0.15, 0.2) is 0 Å². The summed E-state index contributed by atoms with van der Waals surface area (Å²) in [5.74, 6) is -0.0504. The van der Waals surface area contributed by atoms with Crippen molar-refractivity contribution in [3.63, 3.8) is 0 Å². The number of hydrogen-bond acceptors (Lipinski definition) is 3. The van der Waals surface area contributed by atoms with E-state index in [1.165, 1.54) is 39.2 Å². The van der Waals surface area contributed by atoms with Crippen molar-refractivity contribution in [2.75, 3.05) is 13.7 Å². The van der Waals surface area contributed by atoms with E-state index in [-0.39, 0.29) is 12.0 Å². The van der Waals surface area contributed by atoms with Gasteiger partial charge in [0, 0.05) is 12.6 Å². The average Bonchev–Trinajstić information content (AvgIpc) is 2.98. The van der Waals surface area contributed by atoms with Crippen LogP contribution in [0.2, 0.25) is 0 Å². The van der Waals surface area contributed by atoms with Crippen LogP contribution in [0.3, 0.4) is 0 Å². The van der Waals surface area contributed by atoms with Crippen molar-refractivity contribution in [2.45, 2.75) is 44.2 Å². The Morgan fingerprint density at radius 3 is 2.62 bits per heavy atom. The molecule has 1 heterocycles. The lowest BCUT2D eigenvalue weighted by atomic mass is 9.95. The zero-order valence-electron chi connectivity index (χ0n) is 8.16. The van der Waals surface area contributed by atoms with E-state index < -0.39 is 0 Å². The van der Waals surface area contributed by atoms with Gasteiger partial charge >= 0.3 is 5.97 Å². The first-order chi connectivity index (χ1) is 6.33. The highest BCUT2D eigenvalue weighted by atomic mass is 16.5. The van der Waals surface area contributed by atoms with Crippen molar-refractivity contribution in [3.05, 3.63) is 0 Å². The number of carbonyl (C=O) groups is 1. The lowest BCUT2D eigenvalue weighted by molar-refractivity contribution is -0.141. The Kier molecular flexibility index (Phi) is 2.54. The zero-order valence-corrected chi connectivity index (χ0v) is 8.16.